The van der Waals surface area contributed by atoms with E-state index in [4.69, 9.17) is 0 Å². The van der Waals surface area contributed by atoms with Crippen LogP contribution < -0.4 is 10.0 Å². The topological polar surface area (TPSA) is 71.1 Å². The van der Waals surface area contributed by atoms with Crippen molar-refractivity contribution < 1.29 is 8.42 Å². The van der Waals surface area contributed by atoms with E-state index in [2.05, 4.69) is 21.9 Å². The van der Waals surface area contributed by atoms with Crippen molar-refractivity contribution in [1.29, 1.82) is 0 Å². The smallest absolute Gasteiger partial charge is 0.272 e. The largest absolute Gasteiger partial charge is 0.310 e. The molecule has 0 aromatic carbocycles. The Labute approximate surface area is 160 Å². The molecule has 1 saturated carbocycles. The Hall–Kier alpha value is -1.44. The zero-order valence-corrected chi connectivity index (χ0v) is 16.8. The van der Waals surface area contributed by atoms with E-state index in [1.807, 2.05) is 12.1 Å². The van der Waals surface area contributed by atoms with Gasteiger partial charge in [0.2, 0.25) is 0 Å². The van der Waals surface area contributed by atoms with Crippen LogP contribution in [0.15, 0.2) is 40.1 Å². The van der Waals surface area contributed by atoms with Crippen LogP contribution in [0.4, 0.5) is 5.82 Å². The summed E-state index contributed by atoms with van der Waals surface area (Å²) in [7, 11) is -3.58. The molecule has 142 valence electrons. The van der Waals surface area contributed by atoms with Gasteiger partial charge in [0.25, 0.3) is 10.0 Å². The zero-order chi connectivity index (χ0) is 18.4. The molecule has 7 heteroatoms. The molecule has 0 amide bonds. The lowest BCUT2D eigenvalue weighted by Crippen LogP contribution is -2.29. The highest BCUT2D eigenvalue weighted by molar-refractivity contribution is 7.94. The summed E-state index contributed by atoms with van der Waals surface area (Å²) in [6, 6.07) is 7.48. The maximum Gasteiger partial charge on any atom is 0.272 e. The normalized spacial score (nSPS) is 17.1. The van der Waals surface area contributed by atoms with Crippen LogP contribution in [0.3, 0.4) is 0 Å². The Balaban J connectivity index is 1.60. The molecule has 2 heterocycles. The van der Waals surface area contributed by atoms with Crippen LogP contribution in [0.2, 0.25) is 0 Å². The van der Waals surface area contributed by atoms with E-state index in [0.29, 0.717) is 22.6 Å². The van der Waals surface area contributed by atoms with Gasteiger partial charge in [0.15, 0.2) is 0 Å². The molecule has 1 fully saturated rings. The lowest BCUT2D eigenvalue weighted by molar-refractivity contribution is 0.304. The van der Waals surface area contributed by atoms with E-state index in [1.54, 1.807) is 23.7 Å². The first-order valence-corrected chi connectivity index (χ1v) is 11.6. The van der Waals surface area contributed by atoms with E-state index >= 15 is 0 Å². The fourth-order valence-corrected chi connectivity index (χ4v) is 5.60. The molecule has 2 aromatic rings. The van der Waals surface area contributed by atoms with E-state index in [0.717, 1.165) is 11.5 Å². The van der Waals surface area contributed by atoms with Crippen LogP contribution in [0, 0.1) is 5.92 Å². The molecule has 26 heavy (non-hydrogen) atoms. The minimum atomic E-state index is -3.58. The first-order valence-electron chi connectivity index (χ1n) is 9.28. The van der Waals surface area contributed by atoms with Gasteiger partial charge >= 0.3 is 0 Å². The standard InChI is InChI=1S/C19H27N3O2S2/c1-15(13-16-7-3-2-4-8-16)21-14-17-9-5-11-20-19(17)22-26(23,24)18-10-6-12-25-18/h5-6,9-12,15-16,21H,2-4,7-8,13-14H2,1H3,(H,20,22)/t15-/m0/s1. The molecule has 2 N–H and O–H groups in total. The van der Waals surface area contributed by atoms with Crippen LogP contribution in [-0.2, 0) is 16.6 Å². The van der Waals surface area contributed by atoms with Crippen molar-refractivity contribution in [3.8, 4) is 0 Å². The van der Waals surface area contributed by atoms with Gasteiger partial charge in [0.1, 0.15) is 10.0 Å². The minimum absolute atomic E-state index is 0.299. The Morgan fingerprint density at radius 1 is 1.23 bits per heavy atom. The van der Waals surface area contributed by atoms with Gasteiger partial charge in [-0.1, -0.05) is 44.2 Å². The molecule has 3 rings (SSSR count). The maximum absolute atomic E-state index is 12.5. The third-order valence-corrected chi connectivity index (χ3v) is 7.67. The van der Waals surface area contributed by atoms with Gasteiger partial charge in [0.05, 0.1) is 0 Å². The fourth-order valence-electron chi connectivity index (χ4n) is 3.56. The average Bonchev–Trinajstić information content (AvgIpc) is 3.17. The van der Waals surface area contributed by atoms with Crippen molar-refractivity contribution in [1.82, 2.24) is 10.3 Å². The Kier molecular flexibility index (Phi) is 6.67. The number of hydrogen-bond acceptors (Lipinski definition) is 5. The first kappa shape index (κ1) is 19.3. The number of nitrogens with zero attached hydrogens (tertiary/aromatic N) is 1. The van der Waals surface area contributed by atoms with Crippen molar-refractivity contribution in [2.75, 3.05) is 4.72 Å². The van der Waals surface area contributed by atoms with Crippen LogP contribution in [-0.4, -0.2) is 19.4 Å². The minimum Gasteiger partial charge on any atom is -0.310 e. The summed E-state index contributed by atoms with van der Waals surface area (Å²) in [5.74, 6) is 1.22. The first-order chi connectivity index (χ1) is 12.5. The van der Waals surface area contributed by atoms with Crippen molar-refractivity contribution in [2.24, 2.45) is 5.92 Å². The summed E-state index contributed by atoms with van der Waals surface area (Å²) >= 11 is 1.20. The second-order valence-corrected chi connectivity index (χ2v) is 9.93. The highest BCUT2D eigenvalue weighted by Gasteiger charge is 2.19. The third-order valence-electron chi connectivity index (χ3n) is 4.93. The summed E-state index contributed by atoms with van der Waals surface area (Å²) in [4.78, 5) is 4.24. The molecule has 1 atom stereocenters. The quantitative estimate of drug-likeness (QED) is 0.698. The summed E-state index contributed by atoms with van der Waals surface area (Å²) in [5, 5.41) is 5.29. The number of hydrogen-bond donors (Lipinski definition) is 2. The summed E-state index contributed by atoms with van der Waals surface area (Å²) < 4.78 is 27.8. The number of pyridine rings is 1. The van der Waals surface area contributed by atoms with E-state index in [9.17, 15) is 8.42 Å². The second kappa shape index (κ2) is 8.97. The van der Waals surface area contributed by atoms with E-state index < -0.39 is 10.0 Å². The number of aromatic nitrogens is 1. The number of anilines is 1. The van der Waals surface area contributed by atoms with Gasteiger partial charge in [-0.15, -0.1) is 11.3 Å². The molecule has 0 unspecified atom stereocenters. The number of rotatable bonds is 8. The fraction of sp³-hybridized carbons (Fsp3) is 0.526. The Morgan fingerprint density at radius 3 is 2.77 bits per heavy atom. The summed E-state index contributed by atoms with van der Waals surface area (Å²) in [6.07, 6.45) is 9.55. The Morgan fingerprint density at radius 2 is 2.04 bits per heavy atom. The molecule has 0 radical (unpaired) electrons. The predicted molar refractivity (Wildman–Crippen MR) is 107 cm³/mol. The molecule has 1 aliphatic carbocycles. The number of thiophene rings is 1. The van der Waals surface area contributed by atoms with Gasteiger partial charge in [-0.3, -0.25) is 4.72 Å². The second-order valence-electron chi connectivity index (χ2n) is 7.07. The van der Waals surface area contributed by atoms with E-state index in [1.165, 1.54) is 49.9 Å². The molecule has 0 bridgehead atoms. The number of nitrogens with one attached hydrogen (secondary N) is 2. The third kappa shape index (κ3) is 5.28. The van der Waals surface area contributed by atoms with Gasteiger partial charge < -0.3 is 5.32 Å². The van der Waals surface area contributed by atoms with E-state index in [-0.39, 0.29) is 0 Å². The maximum atomic E-state index is 12.5. The summed E-state index contributed by atoms with van der Waals surface area (Å²) in [6.45, 7) is 2.81. The average molecular weight is 394 g/mol. The Bertz CT molecular complexity index is 785. The van der Waals surface area contributed by atoms with Crippen LogP contribution >= 0.6 is 11.3 Å². The van der Waals surface area contributed by atoms with Crippen molar-refractivity contribution in [3.05, 3.63) is 41.4 Å². The zero-order valence-electron chi connectivity index (χ0n) is 15.1. The lowest BCUT2D eigenvalue weighted by atomic mass is 9.85. The monoisotopic (exact) mass is 393 g/mol. The molecule has 0 saturated heterocycles. The SMILES string of the molecule is C[C@@H](CC1CCCCC1)NCc1cccnc1NS(=O)(=O)c1cccs1. The van der Waals surface area contributed by atoms with Gasteiger partial charge in [-0.25, -0.2) is 13.4 Å². The molecule has 2 aromatic heterocycles. The molecule has 1 aliphatic rings. The van der Waals surface area contributed by atoms with Crippen molar-refractivity contribution in [3.63, 3.8) is 0 Å². The molecule has 0 aliphatic heterocycles. The lowest BCUT2D eigenvalue weighted by Gasteiger charge is -2.25. The van der Waals surface area contributed by atoms with Crippen molar-refractivity contribution in [2.45, 2.75) is 62.2 Å². The highest BCUT2D eigenvalue weighted by atomic mass is 32.2. The van der Waals surface area contributed by atoms with Crippen LogP contribution in [0.25, 0.3) is 0 Å². The number of sulfonamides is 1. The van der Waals surface area contributed by atoms with Gasteiger partial charge in [-0.2, -0.15) is 0 Å². The van der Waals surface area contributed by atoms with Crippen LogP contribution in [0.1, 0.15) is 51.0 Å². The molecule has 5 nitrogen and oxygen atoms in total. The highest BCUT2D eigenvalue weighted by Crippen LogP contribution is 2.27. The predicted octanol–water partition coefficient (Wildman–Crippen LogP) is 4.39. The summed E-state index contributed by atoms with van der Waals surface area (Å²) in [5.41, 5.74) is 0.864. The van der Waals surface area contributed by atoms with Crippen LogP contribution in [0.5, 0.6) is 0 Å². The molecular weight excluding hydrogens is 366 g/mol. The molecular formula is C19H27N3O2S2. The van der Waals surface area contributed by atoms with Gasteiger partial charge in [0, 0.05) is 24.3 Å². The van der Waals surface area contributed by atoms with Gasteiger partial charge in [-0.05, 0) is 36.8 Å². The van der Waals surface area contributed by atoms with Crippen molar-refractivity contribution >= 4 is 27.2 Å². The molecule has 0 spiro atoms.